The summed E-state index contributed by atoms with van der Waals surface area (Å²) in [6.07, 6.45) is 8.03. The normalized spacial score (nSPS) is 21.8. The lowest BCUT2D eigenvalue weighted by Crippen LogP contribution is -2.23. The molecule has 3 rings (SSSR count). The molecule has 2 aromatic heterocycles. The fourth-order valence-corrected chi connectivity index (χ4v) is 2.25. The highest BCUT2D eigenvalue weighted by Crippen LogP contribution is 2.34. The molecule has 0 saturated heterocycles. The van der Waals surface area contributed by atoms with Crippen LogP contribution in [0.2, 0.25) is 0 Å². The molecule has 2 unspecified atom stereocenters. The van der Waals surface area contributed by atoms with E-state index in [0.717, 1.165) is 0 Å². The maximum atomic E-state index is 11.3. The van der Waals surface area contributed by atoms with E-state index < -0.39 is 11.9 Å². The summed E-state index contributed by atoms with van der Waals surface area (Å²) < 4.78 is 5.20. The molecule has 0 fully saturated rings. The van der Waals surface area contributed by atoms with Crippen molar-refractivity contribution in [1.82, 2.24) is 20.1 Å². The van der Waals surface area contributed by atoms with E-state index >= 15 is 0 Å². The van der Waals surface area contributed by atoms with Crippen LogP contribution in [0.1, 0.15) is 24.7 Å². The molecule has 0 saturated carbocycles. The van der Waals surface area contributed by atoms with Crippen molar-refractivity contribution in [3.8, 4) is 11.6 Å². The molecule has 20 heavy (non-hydrogen) atoms. The zero-order valence-corrected chi connectivity index (χ0v) is 10.5. The molecule has 0 bridgehead atoms. The summed E-state index contributed by atoms with van der Waals surface area (Å²) in [6, 6.07) is 1.69. The third-order valence-electron chi connectivity index (χ3n) is 3.27. The molecule has 0 amide bonds. The Kier molecular flexibility index (Phi) is 3.24. The van der Waals surface area contributed by atoms with E-state index in [9.17, 15) is 9.90 Å². The van der Waals surface area contributed by atoms with Crippen LogP contribution in [0.15, 0.2) is 35.1 Å². The second-order valence-electron chi connectivity index (χ2n) is 4.52. The highest BCUT2D eigenvalue weighted by atomic mass is 16.5. The van der Waals surface area contributed by atoms with Crippen molar-refractivity contribution in [2.75, 3.05) is 0 Å². The van der Waals surface area contributed by atoms with Gasteiger partial charge in [0.05, 0.1) is 11.8 Å². The highest BCUT2D eigenvalue weighted by Gasteiger charge is 2.34. The SMILES string of the molecule is O=C(O)C1CC=CCC1c1nc(-c2ncccn2)no1. The topological polar surface area (TPSA) is 102 Å². The third kappa shape index (κ3) is 2.29. The van der Waals surface area contributed by atoms with E-state index in [0.29, 0.717) is 24.6 Å². The summed E-state index contributed by atoms with van der Waals surface area (Å²) in [5, 5.41) is 13.1. The molecule has 0 aromatic carbocycles. The molecule has 7 heteroatoms. The zero-order chi connectivity index (χ0) is 13.9. The van der Waals surface area contributed by atoms with Gasteiger partial charge in [0.1, 0.15) is 0 Å². The van der Waals surface area contributed by atoms with Crippen LogP contribution >= 0.6 is 0 Å². The van der Waals surface area contributed by atoms with E-state index in [1.54, 1.807) is 18.5 Å². The van der Waals surface area contributed by atoms with Crippen molar-refractivity contribution in [1.29, 1.82) is 0 Å². The molecular weight excluding hydrogens is 260 g/mol. The number of nitrogens with zero attached hydrogens (tertiary/aromatic N) is 4. The summed E-state index contributed by atoms with van der Waals surface area (Å²) >= 11 is 0. The first-order valence-electron chi connectivity index (χ1n) is 6.24. The lowest BCUT2D eigenvalue weighted by molar-refractivity contribution is -0.142. The zero-order valence-electron chi connectivity index (χ0n) is 10.5. The number of carboxylic acid groups (broad SMARTS) is 1. The van der Waals surface area contributed by atoms with Gasteiger partial charge in [-0.2, -0.15) is 4.98 Å². The Hall–Kier alpha value is -2.57. The van der Waals surface area contributed by atoms with Gasteiger partial charge in [-0.1, -0.05) is 17.3 Å². The Bertz CT molecular complexity index is 638. The van der Waals surface area contributed by atoms with Crippen LogP contribution in [-0.2, 0) is 4.79 Å². The first kappa shape index (κ1) is 12.5. The molecule has 2 heterocycles. The quantitative estimate of drug-likeness (QED) is 0.847. The Labute approximate surface area is 114 Å². The van der Waals surface area contributed by atoms with Crippen molar-refractivity contribution >= 4 is 5.97 Å². The fraction of sp³-hybridized carbons (Fsp3) is 0.308. The smallest absolute Gasteiger partial charge is 0.307 e. The standard InChI is InChI=1S/C13H12N4O3/c18-13(19)9-5-2-1-4-8(9)12-16-11(17-20-12)10-14-6-3-7-15-10/h1-3,6-9H,4-5H2,(H,18,19). The summed E-state index contributed by atoms with van der Waals surface area (Å²) in [5.74, 6) is -0.730. The monoisotopic (exact) mass is 272 g/mol. The van der Waals surface area contributed by atoms with Gasteiger partial charge in [0.15, 0.2) is 0 Å². The predicted molar refractivity (Wildman–Crippen MR) is 67.6 cm³/mol. The first-order chi connectivity index (χ1) is 9.75. The molecule has 7 nitrogen and oxygen atoms in total. The van der Waals surface area contributed by atoms with Gasteiger partial charge in [0.2, 0.25) is 17.5 Å². The predicted octanol–water partition coefficient (Wildman–Crippen LogP) is 1.66. The summed E-state index contributed by atoms with van der Waals surface area (Å²) in [4.78, 5) is 23.6. The third-order valence-corrected chi connectivity index (χ3v) is 3.27. The van der Waals surface area contributed by atoms with Gasteiger partial charge in [-0.3, -0.25) is 4.79 Å². The second-order valence-corrected chi connectivity index (χ2v) is 4.52. The second kappa shape index (κ2) is 5.20. The minimum absolute atomic E-state index is 0.277. The molecule has 0 spiro atoms. The van der Waals surface area contributed by atoms with Gasteiger partial charge in [0, 0.05) is 12.4 Å². The molecule has 2 atom stereocenters. The van der Waals surface area contributed by atoms with Gasteiger partial charge < -0.3 is 9.63 Å². The Morgan fingerprint density at radius 3 is 2.70 bits per heavy atom. The van der Waals surface area contributed by atoms with Gasteiger partial charge >= 0.3 is 5.97 Å². The average Bonchev–Trinajstić information content (AvgIpc) is 2.98. The number of aliphatic carboxylic acids is 1. The highest BCUT2D eigenvalue weighted by molar-refractivity contribution is 5.71. The Morgan fingerprint density at radius 1 is 1.20 bits per heavy atom. The molecule has 0 aliphatic heterocycles. The van der Waals surface area contributed by atoms with Crippen LogP contribution in [0.3, 0.4) is 0 Å². The molecule has 1 aliphatic rings. The molecular formula is C13H12N4O3. The maximum absolute atomic E-state index is 11.3. The number of carboxylic acids is 1. The van der Waals surface area contributed by atoms with Crippen LogP contribution in [0.4, 0.5) is 0 Å². The number of carbonyl (C=O) groups is 1. The maximum Gasteiger partial charge on any atom is 0.307 e. The minimum atomic E-state index is -0.852. The van der Waals surface area contributed by atoms with Gasteiger partial charge in [-0.25, -0.2) is 9.97 Å². The molecule has 102 valence electrons. The largest absolute Gasteiger partial charge is 0.481 e. The summed E-state index contributed by atoms with van der Waals surface area (Å²) in [7, 11) is 0. The van der Waals surface area contributed by atoms with E-state index in [2.05, 4.69) is 20.1 Å². The number of hydrogen-bond donors (Lipinski definition) is 1. The molecule has 0 radical (unpaired) electrons. The Morgan fingerprint density at radius 2 is 1.95 bits per heavy atom. The lowest BCUT2D eigenvalue weighted by Gasteiger charge is -2.21. The molecule has 1 aliphatic carbocycles. The number of aromatic nitrogens is 4. The van der Waals surface area contributed by atoms with Crippen LogP contribution < -0.4 is 0 Å². The summed E-state index contributed by atoms with van der Waals surface area (Å²) in [6.45, 7) is 0. The van der Waals surface area contributed by atoms with Gasteiger partial charge in [-0.15, -0.1) is 0 Å². The van der Waals surface area contributed by atoms with E-state index in [1.165, 1.54) is 0 Å². The summed E-state index contributed by atoms with van der Waals surface area (Å²) in [5.41, 5.74) is 0. The van der Waals surface area contributed by atoms with Crippen LogP contribution in [0.25, 0.3) is 11.6 Å². The minimum Gasteiger partial charge on any atom is -0.481 e. The number of hydrogen-bond acceptors (Lipinski definition) is 6. The van der Waals surface area contributed by atoms with Crippen molar-refractivity contribution < 1.29 is 14.4 Å². The average molecular weight is 272 g/mol. The first-order valence-corrected chi connectivity index (χ1v) is 6.24. The van der Waals surface area contributed by atoms with E-state index in [4.69, 9.17) is 4.52 Å². The molecule has 2 aromatic rings. The number of rotatable bonds is 3. The van der Waals surface area contributed by atoms with E-state index in [1.807, 2.05) is 12.2 Å². The van der Waals surface area contributed by atoms with Gasteiger partial charge in [-0.05, 0) is 18.9 Å². The Balaban J connectivity index is 1.90. The van der Waals surface area contributed by atoms with Crippen molar-refractivity contribution in [2.45, 2.75) is 18.8 Å². The van der Waals surface area contributed by atoms with Crippen LogP contribution in [0, 0.1) is 5.92 Å². The van der Waals surface area contributed by atoms with E-state index in [-0.39, 0.29) is 11.7 Å². The van der Waals surface area contributed by atoms with Crippen LogP contribution in [0.5, 0.6) is 0 Å². The van der Waals surface area contributed by atoms with Crippen molar-refractivity contribution in [3.63, 3.8) is 0 Å². The van der Waals surface area contributed by atoms with Crippen molar-refractivity contribution in [3.05, 3.63) is 36.5 Å². The fourth-order valence-electron chi connectivity index (χ4n) is 2.25. The van der Waals surface area contributed by atoms with Crippen molar-refractivity contribution in [2.24, 2.45) is 5.92 Å². The molecule has 1 N–H and O–H groups in total. The van der Waals surface area contributed by atoms with Crippen LogP contribution in [-0.4, -0.2) is 31.2 Å². The van der Waals surface area contributed by atoms with Gasteiger partial charge in [0.25, 0.3) is 0 Å². The number of allylic oxidation sites excluding steroid dienone is 2. The lowest BCUT2D eigenvalue weighted by atomic mass is 9.83.